The van der Waals surface area contributed by atoms with Crippen LogP contribution in [0, 0.1) is 0 Å². The van der Waals surface area contributed by atoms with E-state index < -0.39 is 23.9 Å². The molecule has 0 saturated carbocycles. The number of aryl methyl sites for hydroxylation is 2. The fourth-order valence-electron chi connectivity index (χ4n) is 3.24. The standard InChI is InChI=1S/C20H23N5O6S/c21-20-24-16-13(18(29)25-20)8-11(22-16)3-1-2-4-12-7-10(9-32-12)17(28)23-14(19(30)31)5-6-15(26)27/h7-9,14H,1-6H2,(H,23,28)(H,26,27)(H,30,31)(H4,21,22,24,25,29). The Morgan fingerprint density at radius 3 is 2.62 bits per heavy atom. The zero-order valence-electron chi connectivity index (χ0n) is 17.0. The first-order valence-corrected chi connectivity index (χ1v) is 10.8. The maximum atomic E-state index is 12.3. The second kappa shape index (κ2) is 10.1. The average molecular weight is 462 g/mol. The number of unbranched alkanes of at least 4 members (excludes halogenated alkanes) is 1. The van der Waals surface area contributed by atoms with Gasteiger partial charge in [-0.3, -0.25) is 19.4 Å². The Morgan fingerprint density at radius 1 is 1.16 bits per heavy atom. The van der Waals surface area contributed by atoms with Crippen LogP contribution >= 0.6 is 11.3 Å². The Hall–Kier alpha value is -3.67. The molecule has 0 aliphatic heterocycles. The van der Waals surface area contributed by atoms with Crippen LogP contribution < -0.4 is 16.6 Å². The van der Waals surface area contributed by atoms with Gasteiger partial charge in [0.05, 0.1) is 10.9 Å². The van der Waals surface area contributed by atoms with E-state index in [0.29, 0.717) is 16.6 Å². The molecule has 3 heterocycles. The number of carbonyl (C=O) groups is 3. The van der Waals surface area contributed by atoms with Crippen LogP contribution in [-0.2, 0) is 22.4 Å². The fraction of sp³-hybridized carbons (Fsp3) is 0.350. The number of carboxylic acid groups (broad SMARTS) is 2. The number of amides is 1. The summed E-state index contributed by atoms with van der Waals surface area (Å²) in [6.45, 7) is 0. The SMILES string of the molecule is Nc1nc2[nH]c(CCCCc3cc(C(=O)NC(CCC(=O)O)C(=O)O)cs3)cc2c(=O)[nH]1. The highest BCUT2D eigenvalue weighted by molar-refractivity contribution is 7.10. The predicted molar refractivity (Wildman–Crippen MR) is 118 cm³/mol. The summed E-state index contributed by atoms with van der Waals surface area (Å²) in [5, 5.41) is 22.4. The molecule has 3 rings (SSSR count). The molecule has 11 nitrogen and oxygen atoms in total. The molecule has 0 spiro atoms. The van der Waals surface area contributed by atoms with Gasteiger partial charge in [0.15, 0.2) is 0 Å². The van der Waals surface area contributed by atoms with Crippen molar-refractivity contribution < 1.29 is 24.6 Å². The smallest absolute Gasteiger partial charge is 0.326 e. The number of nitrogen functional groups attached to an aromatic ring is 1. The van der Waals surface area contributed by atoms with Crippen LogP contribution in [0.2, 0.25) is 0 Å². The van der Waals surface area contributed by atoms with Gasteiger partial charge in [-0.15, -0.1) is 11.3 Å². The first-order chi connectivity index (χ1) is 15.2. The normalized spacial score (nSPS) is 12.0. The number of aromatic amines is 2. The summed E-state index contributed by atoms with van der Waals surface area (Å²) in [6.07, 6.45) is 2.62. The third-order valence-corrected chi connectivity index (χ3v) is 5.85. The highest BCUT2D eigenvalue weighted by Gasteiger charge is 2.22. The summed E-state index contributed by atoms with van der Waals surface area (Å²) in [5.74, 6) is -2.87. The van der Waals surface area contributed by atoms with Crippen molar-refractivity contribution in [3.05, 3.63) is 44.0 Å². The highest BCUT2D eigenvalue weighted by Crippen LogP contribution is 2.19. The van der Waals surface area contributed by atoms with Gasteiger partial charge in [0.2, 0.25) is 5.95 Å². The summed E-state index contributed by atoms with van der Waals surface area (Å²) in [7, 11) is 0. The van der Waals surface area contributed by atoms with Crippen molar-refractivity contribution >= 4 is 46.2 Å². The first kappa shape index (κ1) is 23.0. The molecule has 3 aromatic heterocycles. The van der Waals surface area contributed by atoms with Gasteiger partial charge in [0, 0.05) is 22.4 Å². The van der Waals surface area contributed by atoms with E-state index in [2.05, 4.69) is 20.3 Å². The van der Waals surface area contributed by atoms with Crippen molar-refractivity contribution in [1.82, 2.24) is 20.3 Å². The molecular weight excluding hydrogens is 438 g/mol. The molecule has 0 radical (unpaired) electrons. The molecule has 1 amide bonds. The quantitative estimate of drug-likeness (QED) is 0.231. The number of thiophene rings is 1. The summed E-state index contributed by atoms with van der Waals surface area (Å²) >= 11 is 1.41. The number of nitrogens with zero attached hydrogens (tertiary/aromatic N) is 1. The lowest BCUT2D eigenvalue weighted by atomic mass is 10.1. The summed E-state index contributed by atoms with van der Waals surface area (Å²) in [5.41, 5.74) is 6.95. The van der Waals surface area contributed by atoms with E-state index in [1.165, 1.54) is 11.3 Å². The van der Waals surface area contributed by atoms with Crippen molar-refractivity contribution in [2.45, 2.75) is 44.6 Å². The van der Waals surface area contributed by atoms with E-state index in [-0.39, 0.29) is 24.3 Å². The molecule has 0 aliphatic rings. The van der Waals surface area contributed by atoms with Crippen molar-refractivity contribution in [2.24, 2.45) is 0 Å². The predicted octanol–water partition coefficient (Wildman–Crippen LogP) is 1.51. The number of rotatable bonds is 11. The third kappa shape index (κ3) is 5.94. The molecule has 1 atom stereocenters. The number of anilines is 1. The lowest BCUT2D eigenvalue weighted by molar-refractivity contribution is -0.140. The van der Waals surface area contributed by atoms with E-state index >= 15 is 0 Å². The van der Waals surface area contributed by atoms with Crippen LogP contribution in [0.4, 0.5) is 5.95 Å². The van der Waals surface area contributed by atoms with E-state index in [0.717, 1.165) is 36.3 Å². The van der Waals surface area contributed by atoms with Crippen LogP contribution in [0.1, 0.15) is 46.6 Å². The van der Waals surface area contributed by atoms with Gasteiger partial charge in [-0.2, -0.15) is 4.98 Å². The van der Waals surface area contributed by atoms with Crippen LogP contribution in [0.5, 0.6) is 0 Å². The summed E-state index contributed by atoms with van der Waals surface area (Å²) in [6, 6.07) is 2.22. The number of fused-ring (bicyclic) bond motifs is 1. The molecule has 0 aliphatic carbocycles. The molecule has 7 N–H and O–H groups in total. The van der Waals surface area contributed by atoms with Gasteiger partial charge >= 0.3 is 11.9 Å². The number of hydrogen-bond donors (Lipinski definition) is 6. The average Bonchev–Trinajstić information content (AvgIpc) is 3.35. The molecule has 1 unspecified atom stereocenters. The van der Waals surface area contributed by atoms with Gasteiger partial charge in [0.1, 0.15) is 11.7 Å². The second-order valence-corrected chi connectivity index (χ2v) is 8.31. The second-order valence-electron chi connectivity index (χ2n) is 7.31. The van der Waals surface area contributed by atoms with E-state index in [1.54, 1.807) is 17.5 Å². The minimum absolute atomic E-state index is 0.0602. The van der Waals surface area contributed by atoms with E-state index in [9.17, 15) is 19.2 Å². The zero-order chi connectivity index (χ0) is 23.3. The Balaban J connectivity index is 1.49. The van der Waals surface area contributed by atoms with E-state index in [4.69, 9.17) is 15.9 Å². The van der Waals surface area contributed by atoms with Crippen LogP contribution in [-0.4, -0.2) is 49.1 Å². The van der Waals surface area contributed by atoms with Crippen molar-refractivity contribution in [1.29, 1.82) is 0 Å². The molecule has 12 heteroatoms. The van der Waals surface area contributed by atoms with Crippen molar-refractivity contribution in [2.75, 3.05) is 5.73 Å². The van der Waals surface area contributed by atoms with Crippen LogP contribution in [0.25, 0.3) is 11.0 Å². The number of aromatic nitrogens is 3. The van der Waals surface area contributed by atoms with Crippen molar-refractivity contribution in [3.8, 4) is 0 Å². The fourth-order valence-corrected chi connectivity index (χ4v) is 4.15. The third-order valence-electron chi connectivity index (χ3n) is 4.86. The van der Waals surface area contributed by atoms with Gasteiger partial charge in [0.25, 0.3) is 11.5 Å². The summed E-state index contributed by atoms with van der Waals surface area (Å²) < 4.78 is 0. The van der Waals surface area contributed by atoms with Crippen LogP contribution in [0.15, 0.2) is 22.3 Å². The number of nitrogens with one attached hydrogen (secondary N) is 3. The number of aliphatic carboxylic acids is 2. The van der Waals surface area contributed by atoms with Gasteiger partial charge in [-0.25, -0.2) is 4.79 Å². The minimum Gasteiger partial charge on any atom is -0.481 e. The molecule has 0 saturated heterocycles. The first-order valence-electron chi connectivity index (χ1n) is 9.93. The Morgan fingerprint density at radius 2 is 1.91 bits per heavy atom. The number of hydrogen-bond acceptors (Lipinski definition) is 7. The van der Waals surface area contributed by atoms with Gasteiger partial charge in [-0.05, 0) is 44.2 Å². The molecule has 0 aromatic carbocycles. The Labute approximate surface area is 185 Å². The lowest BCUT2D eigenvalue weighted by Gasteiger charge is -2.12. The van der Waals surface area contributed by atoms with E-state index in [1.807, 2.05) is 0 Å². The lowest BCUT2D eigenvalue weighted by Crippen LogP contribution is -2.41. The topological polar surface area (TPSA) is 191 Å². The highest BCUT2D eigenvalue weighted by atomic mass is 32.1. The number of carbonyl (C=O) groups excluding carboxylic acids is 1. The number of H-pyrrole nitrogens is 2. The largest absolute Gasteiger partial charge is 0.481 e. The molecule has 32 heavy (non-hydrogen) atoms. The number of nitrogens with two attached hydrogens (primary N) is 1. The molecule has 170 valence electrons. The van der Waals surface area contributed by atoms with Gasteiger partial charge in [-0.1, -0.05) is 0 Å². The number of carboxylic acids is 2. The summed E-state index contributed by atoms with van der Waals surface area (Å²) in [4.78, 5) is 56.7. The molecular formula is C20H23N5O6S. The Bertz CT molecular complexity index is 1200. The van der Waals surface area contributed by atoms with Crippen LogP contribution in [0.3, 0.4) is 0 Å². The minimum atomic E-state index is -1.27. The van der Waals surface area contributed by atoms with Crippen molar-refractivity contribution in [3.63, 3.8) is 0 Å². The maximum absolute atomic E-state index is 12.3. The molecule has 0 bridgehead atoms. The molecule has 0 fully saturated rings. The zero-order valence-corrected chi connectivity index (χ0v) is 17.8. The Kier molecular flexibility index (Phi) is 7.25. The molecule has 3 aromatic rings. The van der Waals surface area contributed by atoms with Gasteiger partial charge < -0.3 is 26.2 Å². The maximum Gasteiger partial charge on any atom is 0.326 e. The monoisotopic (exact) mass is 461 g/mol.